The van der Waals surface area contributed by atoms with E-state index in [9.17, 15) is 8.42 Å². The van der Waals surface area contributed by atoms with Crippen molar-refractivity contribution in [1.82, 2.24) is 23.8 Å². The quantitative estimate of drug-likeness (QED) is 0.863. The second-order valence-corrected chi connectivity index (χ2v) is 7.89. The number of nitrogens with zero attached hydrogens (tertiary/aromatic N) is 4. The van der Waals surface area contributed by atoms with Crippen molar-refractivity contribution in [3.8, 4) is 5.82 Å². The van der Waals surface area contributed by atoms with E-state index in [-0.39, 0.29) is 12.6 Å². The lowest BCUT2D eigenvalue weighted by Gasteiger charge is -2.30. The standard InChI is InChI=1S/C16H23N5O2S/c1-20(15-8-3-2-4-9-15)24(22,23)19-13-14-7-5-10-17-16(14)21-12-6-11-18-21/h5-7,10-12,15,19H,2-4,8-9,13H2,1H3. The molecule has 0 bridgehead atoms. The first kappa shape index (κ1) is 17.1. The van der Waals surface area contributed by atoms with E-state index in [1.165, 1.54) is 10.7 Å². The van der Waals surface area contributed by atoms with Gasteiger partial charge in [-0.15, -0.1) is 0 Å². The Balaban J connectivity index is 1.71. The Kier molecular flexibility index (Phi) is 5.27. The van der Waals surface area contributed by atoms with Crippen LogP contribution >= 0.6 is 0 Å². The lowest BCUT2D eigenvalue weighted by Crippen LogP contribution is -2.44. The Morgan fingerprint density at radius 2 is 2.04 bits per heavy atom. The molecule has 1 aliphatic carbocycles. The molecule has 0 aromatic carbocycles. The van der Waals surface area contributed by atoms with Crippen molar-refractivity contribution in [1.29, 1.82) is 0 Å². The molecule has 2 aromatic rings. The van der Waals surface area contributed by atoms with Crippen LogP contribution in [-0.2, 0) is 16.8 Å². The van der Waals surface area contributed by atoms with Crippen LogP contribution in [0.4, 0.5) is 0 Å². The van der Waals surface area contributed by atoms with Gasteiger partial charge >= 0.3 is 0 Å². The Morgan fingerprint density at radius 1 is 1.25 bits per heavy atom. The number of aromatic nitrogens is 3. The zero-order valence-corrected chi connectivity index (χ0v) is 14.6. The Labute approximate surface area is 142 Å². The molecule has 2 heterocycles. The van der Waals surface area contributed by atoms with E-state index in [0.29, 0.717) is 5.82 Å². The monoisotopic (exact) mass is 349 g/mol. The predicted molar refractivity (Wildman–Crippen MR) is 91.8 cm³/mol. The first-order chi connectivity index (χ1) is 11.6. The summed E-state index contributed by atoms with van der Waals surface area (Å²) in [6.07, 6.45) is 10.4. The van der Waals surface area contributed by atoms with Crippen molar-refractivity contribution in [2.24, 2.45) is 0 Å². The number of hydrogen-bond donors (Lipinski definition) is 1. The fraction of sp³-hybridized carbons (Fsp3) is 0.500. The molecule has 0 atom stereocenters. The van der Waals surface area contributed by atoms with Gasteiger partial charge in [0.05, 0.1) is 0 Å². The highest BCUT2D eigenvalue weighted by atomic mass is 32.2. The van der Waals surface area contributed by atoms with Crippen LogP contribution in [0.5, 0.6) is 0 Å². The second kappa shape index (κ2) is 7.42. The molecule has 0 radical (unpaired) electrons. The number of nitrogens with one attached hydrogen (secondary N) is 1. The van der Waals surface area contributed by atoms with E-state index >= 15 is 0 Å². The SMILES string of the molecule is CN(C1CCCCC1)S(=O)(=O)NCc1cccnc1-n1cccn1. The summed E-state index contributed by atoms with van der Waals surface area (Å²) < 4.78 is 31.0. The van der Waals surface area contributed by atoms with E-state index in [0.717, 1.165) is 31.2 Å². The molecule has 1 saturated carbocycles. The van der Waals surface area contributed by atoms with Gasteiger partial charge in [-0.05, 0) is 25.0 Å². The third-order valence-electron chi connectivity index (χ3n) is 4.50. The molecule has 0 spiro atoms. The van der Waals surface area contributed by atoms with Crippen molar-refractivity contribution in [2.75, 3.05) is 7.05 Å². The lowest BCUT2D eigenvalue weighted by molar-refractivity contribution is 0.283. The van der Waals surface area contributed by atoms with E-state index in [2.05, 4.69) is 14.8 Å². The van der Waals surface area contributed by atoms with Gasteiger partial charge in [-0.2, -0.15) is 22.5 Å². The van der Waals surface area contributed by atoms with Gasteiger partial charge in [-0.1, -0.05) is 25.3 Å². The molecular formula is C16H23N5O2S. The summed E-state index contributed by atoms with van der Waals surface area (Å²) >= 11 is 0. The average Bonchev–Trinajstić information content (AvgIpc) is 3.15. The molecule has 2 aromatic heterocycles. The third-order valence-corrected chi connectivity index (χ3v) is 6.07. The molecule has 24 heavy (non-hydrogen) atoms. The number of rotatable bonds is 6. The molecule has 1 fully saturated rings. The fourth-order valence-corrected chi connectivity index (χ4v) is 4.23. The summed E-state index contributed by atoms with van der Waals surface area (Å²) in [6.45, 7) is 0.183. The Bertz CT molecular complexity index is 755. The van der Waals surface area contributed by atoms with Crippen LogP contribution < -0.4 is 4.72 Å². The van der Waals surface area contributed by atoms with Gasteiger partial charge in [0.2, 0.25) is 0 Å². The van der Waals surface area contributed by atoms with Crippen LogP contribution in [0.2, 0.25) is 0 Å². The molecule has 1 aliphatic rings. The lowest BCUT2D eigenvalue weighted by atomic mass is 9.96. The third kappa shape index (κ3) is 3.82. The first-order valence-electron chi connectivity index (χ1n) is 8.24. The topological polar surface area (TPSA) is 80.1 Å². The summed E-state index contributed by atoms with van der Waals surface area (Å²) in [6, 6.07) is 5.55. The molecular weight excluding hydrogens is 326 g/mol. The summed E-state index contributed by atoms with van der Waals surface area (Å²) in [5.74, 6) is 0.630. The predicted octanol–water partition coefficient (Wildman–Crippen LogP) is 1.87. The van der Waals surface area contributed by atoms with E-state index < -0.39 is 10.2 Å². The first-order valence-corrected chi connectivity index (χ1v) is 9.68. The normalized spacial score (nSPS) is 16.6. The summed E-state index contributed by atoms with van der Waals surface area (Å²) in [7, 11) is -1.86. The molecule has 1 N–H and O–H groups in total. The minimum Gasteiger partial charge on any atom is -0.237 e. The number of hydrogen-bond acceptors (Lipinski definition) is 4. The summed E-state index contributed by atoms with van der Waals surface area (Å²) in [5, 5.41) is 4.17. The summed E-state index contributed by atoms with van der Waals surface area (Å²) in [5.41, 5.74) is 0.779. The van der Waals surface area contributed by atoms with Crippen LogP contribution in [0.3, 0.4) is 0 Å². The molecule has 3 rings (SSSR count). The van der Waals surface area contributed by atoms with Gasteiger partial charge in [-0.3, -0.25) is 0 Å². The maximum absolute atomic E-state index is 12.6. The number of pyridine rings is 1. The van der Waals surface area contributed by atoms with Gasteiger partial charge in [0.15, 0.2) is 5.82 Å². The molecule has 0 unspecified atom stereocenters. The molecule has 0 aliphatic heterocycles. The highest BCUT2D eigenvalue weighted by Gasteiger charge is 2.27. The van der Waals surface area contributed by atoms with Crippen LogP contribution in [0.1, 0.15) is 37.7 Å². The van der Waals surface area contributed by atoms with Gasteiger partial charge in [0.25, 0.3) is 10.2 Å². The highest BCUT2D eigenvalue weighted by molar-refractivity contribution is 7.87. The smallest absolute Gasteiger partial charge is 0.237 e. The maximum atomic E-state index is 12.6. The van der Waals surface area contributed by atoms with Crippen LogP contribution in [0, 0.1) is 0 Å². The van der Waals surface area contributed by atoms with E-state index in [1.807, 2.05) is 6.07 Å². The van der Waals surface area contributed by atoms with Crippen molar-refractivity contribution in [2.45, 2.75) is 44.7 Å². The van der Waals surface area contributed by atoms with E-state index in [1.54, 1.807) is 42.5 Å². The Morgan fingerprint density at radius 3 is 2.75 bits per heavy atom. The summed E-state index contributed by atoms with van der Waals surface area (Å²) in [4.78, 5) is 4.31. The second-order valence-electron chi connectivity index (χ2n) is 6.07. The average molecular weight is 349 g/mol. The van der Waals surface area contributed by atoms with Crippen molar-refractivity contribution < 1.29 is 8.42 Å². The molecule has 8 heteroatoms. The molecule has 130 valence electrons. The molecule has 7 nitrogen and oxygen atoms in total. The Hall–Kier alpha value is -1.77. The van der Waals surface area contributed by atoms with Crippen LogP contribution in [0.15, 0.2) is 36.8 Å². The minimum absolute atomic E-state index is 0.0933. The van der Waals surface area contributed by atoms with Crippen LogP contribution in [0.25, 0.3) is 5.82 Å². The van der Waals surface area contributed by atoms with Gasteiger partial charge in [0.1, 0.15) is 0 Å². The molecule has 0 saturated heterocycles. The van der Waals surface area contributed by atoms with Gasteiger partial charge < -0.3 is 0 Å². The molecule has 0 amide bonds. The van der Waals surface area contributed by atoms with Crippen molar-refractivity contribution in [3.63, 3.8) is 0 Å². The zero-order valence-electron chi connectivity index (χ0n) is 13.8. The van der Waals surface area contributed by atoms with Crippen molar-refractivity contribution >= 4 is 10.2 Å². The zero-order chi connectivity index (χ0) is 17.0. The van der Waals surface area contributed by atoms with Gasteiger partial charge in [-0.25, -0.2) is 9.67 Å². The minimum atomic E-state index is -3.52. The van der Waals surface area contributed by atoms with Crippen molar-refractivity contribution in [3.05, 3.63) is 42.4 Å². The largest absolute Gasteiger partial charge is 0.279 e. The highest BCUT2D eigenvalue weighted by Crippen LogP contribution is 2.23. The fourth-order valence-electron chi connectivity index (χ4n) is 3.08. The maximum Gasteiger partial charge on any atom is 0.279 e. The van der Waals surface area contributed by atoms with Gasteiger partial charge in [0, 0.05) is 43.8 Å². The van der Waals surface area contributed by atoms with Crippen LogP contribution in [-0.4, -0.2) is 40.6 Å². The van der Waals surface area contributed by atoms with E-state index in [4.69, 9.17) is 0 Å².